The van der Waals surface area contributed by atoms with Gasteiger partial charge in [0.05, 0.1) is 5.54 Å². The Morgan fingerprint density at radius 3 is 2.52 bits per heavy atom. The van der Waals surface area contributed by atoms with Gasteiger partial charge in [0, 0.05) is 10.9 Å². The SMILES string of the molecule is O=C1NC(=O)C2(CC(C(=O)NC3(c4cccc(Cl)c4)CCCC3)C2)N1. The molecular formula is C18H20ClN3O3. The summed E-state index contributed by atoms with van der Waals surface area (Å²) in [4.78, 5) is 36.0. The average Bonchev–Trinajstić information content (AvgIpc) is 3.10. The van der Waals surface area contributed by atoms with Crippen LogP contribution < -0.4 is 16.0 Å². The molecular weight excluding hydrogens is 342 g/mol. The molecule has 3 aliphatic rings. The molecule has 132 valence electrons. The van der Waals surface area contributed by atoms with E-state index in [2.05, 4.69) is 16.0 Å². The lowest BCUT2D eigenvalue weighted by Crippen LogP contribution is -2.61. The standard InChI is InChI=1S/C18H20ClN3O3/c19-13-5-3-4-12(8-13)17(6-1-2-7-17)21-14(23)11-9-18(10-11)15(24)20-16(25)22-18/h3-5,8,11H,1-2,6-7,9-10H2,(H,21,23)(H2,20,22,24,25). The first-order valence-electron chi connectivity index (χ1n) is 8.64. The molecule has 0 unspecified atom stereocenters. The number of carbonyl (C=O) groups is 3. The number of rotatable bonds is 3. The van der Waals surface area contributed by atoms with Crippen LogP contribution in [0, 0.1) is 5.92 Å². The summed E-state index contributed by atoms with van der Waals surface area (Å²) in [5.41, 5.74) is -0.240. The summed E-state index contributed by atoms with van der Waals surface area (Å²) >= 11 is 6.14. The van der Waals surface area contributed by atoms with Gasteiger partial charge in [-0.25, -0.2) is 4.79 Å². The number of hydrogen-bond acceptors (Lipinski definition) is 3. The molecule has 0 aromatic heterocycles. The molecule has 2 aliphatic carbocycles. The lowest BCUT2D eigenvalue weighted by atomic mass is 9.67. The summed E-state index contributed by atoms with van der Waals surface area (Å²) in [6.45, 7) is 0. The number of imide groups is 1. The fraction of sp³-hybridized carbons (Fsp3) is 0.500. The number of urea groups is 1. The summed E-state index contributed by atoms with van der Waals surface area (Å²) in [6, 6.07) is 7.17. The van der Waals surface area contributed by atoms with Crippen molar-refractivity contribution in [2.75, 3.05) is 0 Å². The Kier molecular flexibility index (Phi) is 3.76. The predicted octanol–water partition coefficient (Wildman–Crippen LogP) is 2.21. The van der Waals surface area contributed by atoms with Crippen LogP contribution in [-0.4, -0.2) is 23.4 Å². The lowest BCUT2D eigenvalue weighted by Gasteiger charge is -2.43. The highest BCUT2D eigenvalue weighted by Gasteiger charge is 2.57. The van der Waals surface area contributed by atoms with Gasteiger partial charge >= 0.3 is 6.03 Å². The van der Waals surface area contributed by atoms with Crippen LogP contribution in [0.4, 0.5) is 4.79 Å². The van der Waals surface area contributed by atoms with E-state index in [1.807, 2.05) is 24.3 Å². The second-order valence-electron chi connectivity index (χ2n) is 7.38. The zero-order valence-electron chi connectivity index (χ0n) is 13.7. The third kappa shape index (κ3) is 2.68. The zero-order valence-corrected chi connectivity index (χ0v) is 14.5. The summed E-state index contributed by atoms with van der Waals surface area (Å²) in [6.07, 6.45) is 4.58. The molecule has 1 aromatic carbocycles. The van der Waals surface area contributed by atoms with Crippen molar-refractivity contribution < 1.29 is 14.4 Å². The predicted molar refractivity (Wildman–Crippen MR) is 91.9 cm³/mol. The van der Waals surface area contributed by atoms with E-state index in [0.717, 1.165) is 31.2 Å². The van der Waals surface area contributed by atoms with Crippen LogP contribution in [0.3, 0.4) is 0 Å². The second-order valence-corrected chi connectivity index (χ2v) is 7.82. The van der Waals surface area contributed by atoms with E-state index < -0.39 is 11.6 Å². The molecule has 0 bridgehead atoms. The molecule has 1 heterocycles. The quantitative estimate of drug-likeness (QED) is 0.721. The Morgan fingerprint density at radius 2 is 1.92 bits per heavy atom. The van der Waals surface area contributed by atoms with Crippen molar-refractivity contribution in [1.82, 2.24) is 16.0 Å². The molecule has 1 saturated heterocycles. The first-order valence-corrected chi connectivity index (χ1v) is 9.02. The van der Waals surface area contributed by atoms with Gasteiger partial charge in [-0.05, 0) is 43.4 Å². The van der Waals surface area contributed by atoms with E-state index in [9.17, 15) is 14.4 Å². The van der Waals surface area contributed by atoms with Crippen LogP contribution in [0.1, 0.15) is 44.1 Å². The van der Waals surface area contributed by atoms with E-state index in [-0.39, 0.29) is 23.3 Å². The number of nitrogens with one attached hydrogen (secondary N) is 3. The normalized spacial score (nSPS) is 29.9. The highest BCUT2D eigenvalue weighted by atomic mass is 35.5. The van der Waals surface area contributed by atoms with Gasteiger partial charge in [0.15, 0.2) is 0 Å². The van der Waals surface area contributed by atoms with E-state index in [4.69, 9.17) is 11.6 Å². The van der Waals surface area contributed by atoms with Gasteiger partial charge in [-0.2, -0.15) is 0 Å². The molecule has 0 radical (unpaired) electrons. The molecule has 2 saturated carbocycles. The molecule has 3 fully saturated rings. The summed E-state index contributed by atoms with van der Waals surface area (Å²) in [5.74, 6) is -0.644. The summed E-state index contributed by atoms with van der Waals surface area (Å²) in [5, 5.41) is 8.78. The first kappa shape index (κ1) is 16.4. The molecule has 1 aliphatic heterocycles. The Labute approximate surface area is 150 Å². The largest absolute Gasteiger partial charge is 0.346 e. The Bertz CT molecular complexity index is 752. The zero-order chi connectivity index (χ0) is 17.7. The van der Waals surface area contributed by atoms with Crippen molar-refractivity contribution in [2.24, 2.45) is 5.92 Å². The molecule has 25 heavy (non-hydrogen) atoms. The smallest absolute Gasteiger partial charge is 0.322 e. The molecule has 6 nitrogen and oxygen atoms in total. The van der Waals surface area contributed by atoms with Gasteiger partial charge in [-0.1, -0.05) is 36.6 Å². The summed E-state index contributed by atoms with van der Waals surface area (Å²) < 4.78 is 0. The van der Waals surface area contributed by atoms with Crippen LogP contribution in [0.15, 0.2) is 24.3 Å². The van der Waals surface area contributed by atoms with Crippen molar-refractivity contribution >= 4 is 29.4 Å². The average molecular weight is 362 g/mol. The van der Waals surface area contributed by atoms with Crippen molar-refractivity contribution in [3.63, 3.8) is 0 Å². The van der Waals surface area contributed by atoms with E-state index in [0.29, 0.717) is 17.9 Å². The highest BCUT2D eigenvalue weighted by Crippen LogP contribution is 2.43. The van der Waals surface area contributed by atoms with Crippen LogP contribution in [0.2, 0.25) is 5.02 Å². The third-order valence-corrected chi connectivity index (χ3v) is 6.01. The molecule has 7 heteroatoms. The number of amides is 4. The number of halogens is 1. The van der Waals surface area contributed by atoms with Crippen molar-refractivity contribution in [2.45, 2.75) is 49.6 Å². The summed E-state index contributed by atoms with van der Waals surface area (Å²) in [7, 11) is 0. The lowest BCUT2D eigenvalue weighted by molar-refractivity contribution is -0.137. The Hall–Kier alpha value is -2.08. The van der Waals surface area contributed by atoms with Crippen molar-refractivity contribution in [3.8, 4) is 0 Å². The molecule has 1 aromatic rings. The van der Waals surface area contributed by atoms with Crippen molar-refractivity contribution in [1.29, 1.82) is 0 Å². The Balaban J connectivity index is 1.48. The minimum atomic E-state index is -0.891. The minimum absolute atomic E-state index is 0.0542. The van der Waals surface area contributed by atoms with Gasteiger partial charge in [-0.3, -0.25) is 14.9 Å². The first-order chi connectivity index (χ1) is 11.9. The van der Waals surface area contributed by atoms with Crippen LogP contribution >= 0.6 is 11.6 Å². The maximum absolute atomic E-state index is 12.8. The topological polar surface area (TPSA) is 87.3 Å². The maximum Gasteiger partial charge on any atom is 0.322 e. The Morgan fingerprint density at radius 1 is 1.20 bits per heavy atom. The molecule has 4 amide bonds. The van der Waals surface area contributed by atoms with Gasteiger partial charge in [0.1, 0.15) is 5.54 Å². The van der Waals surface area contributed by atoms with Gasteiger partial charge < -0.3 is 10.6 Å². The molecule has 1 spiro atoms. The second kappa shape index (κ2) is 5.73. The number of hydrogen-bond donors (Lipinski definition) is 3. The van der Waals surface area contributed by atoms with Gasteiger partial charge in [0.25, 0.3) is 5.91 Å². The van der Waals surface area contributed by atoms with Crippen LogP contribution in [-0.2, 0) is 15.1 Å². The fourth-order valence-corrected chi connectivity index (χ4v) is 4.56. The monoisotopic (exact) mass is 361 g/mol. The molecule has 3 N–H and O–H groups in total. The number of carbonyl (C=O) groups excluding carboxylic acids is 3. The third-order valence-electron chi connectivity index (χ3n) is 5.77. The maximum atomic E-state index is 12.8. The highest BCUT2D eigenvalue weighted by molar-refractivity contribution is 6.30. The number of benzene rings is 1. The van der Waals surface area contributed by atoms with Crippen LogP contribution in [0.5, 0.6) is 0 Å². The minimum Gasteiger partial charge on any atom is -0.346 e. The molecule has 4 rings (SSSR count). The fourth-order valence-electron chi connectivity index (χ4n) is 4.37. The van der Waals surface area contributed by atoms with Crippen molar-refractivity contribution in [3.05, 3.63) is 34.9 Å². The van der Waals surface area contributed by atoms with E-state index in [1.165, 1.54) is 0 Å². The van der Waals surface area contributed by atoms with Gasteiger partial charge in [-0.15, -0.1) is 0 Å². The van der Waals surface area contributed by atoms with Gasteiger partial charge in [0.2, 0.25) is 5.91 Å². The van der Waals surface area contributed by atoms with E-state index >= 15 is 0 Å². The molecule has 0 atom stereocenters. The van der Waals surface area contributed by atoms with Crippen LogP contribution in [0.25, 0.3) is 0 Å². The van der Waals surface area contributed by atoms with E-state index in [1.54, 1.807) is 0 Å².